The number of rotatable bonds is 5. The monoisotopic (exact) mass is 294 g/mol. The Bertz CT molecular complexity index is 620. The highest BCUT2D eigenvalue weighted by Crippen LogP contribution is 2.35. The lowest BCUT2D eigenvalue weighted by molar-refractivity contribution is 0.0951. The third-order valence-corrected chi connectivity index (χ3v) is 4.78. The molecule has 0 unspecified atom stereocenters. The predicted molar refractivity (Wildman–Crippen MR) is 82.6 cm³/mol. The lowest BCUT2D eigenvalue weighted by atomic mass is 10.0. The molecule has 2 rings (SSSR count). The number of amides is 1. The SMILES string of the molecule is CCC(CC)CNC(=O)c1sc2cccc(F)c2c1N. The predicted octanol–water partition coefficient (Wildman–Crippen LogP) is 3.79. The van der Waals surface area contributed by atoms with Crippen molar-refractivity contribution in [2.75, 3.05) is 12.3 Å². The third kappa shape index (κ3) is 2.77. The van der Waals surface area contributed by atoms with Crippen LogP contribution < -0.4 is 11.1 Å². The minimum Gasteiger partial charge on any atom is -0.397 e. The van der Waals surface area contributed by atoms with Crippen LogP contribution in [0.3, 0.4) is 0 Å². The zero-order valence-electron chi connectivity index (χ0n) is 11.7. The summed E-state index contributed by atoms with van der Waals surface area (Å²) in [6.07, 6.45) is 2.04. The first-order valence-corrected chi connectivity index (χ1v) is 7.64. The van der Waals surface area contributed by atoms with Crippen LogP contribution in [0.15, 0.2) is 18.2 Å². The molecule has 1 heterocycles. The highest BCUT2D eigenvalue weighted by molar-refractivity contribution is 7.21. The van der Waals surface area contributed by atoms with Crippen LogP contribution in [0, 0.1) is 11.7 Å². The summed E-state index contributed by atoms with van der Waals surface area (Å²) in [6, 6.07) is 4.76. The van der Waals surface area contributed by atoms with Gasteiger partial charge in [0, 0.05) is 11.2 Å². The summed E-state index contributed by atoms with van der Waals surface area (Å²) < 4.78 is 14.4. The van der Waals surface area contributed by atoms with E-state index in [1.807, 2.05) is 0 Å². The van der Waals surface area contributed by atoms with Gasteiger partial charge in [0.15, 0.2) is 0 Å². The first-order chi connectivity index (χ1) is 9.58. The van der Waals surface area contributed by atoms with Gasteiger partial charge in [-0.3, -0.25) is 4.79 Å². The fourth-order valence-electron chi connectivity index (χ4n) is 2.19. The van der Waals surface area contributed by atoms with E-state index in [0.29, 0.717) is 27.4 Å². The Kier molecular flexibility index (Phi) is 4.60. The zero-order valence-corrected chi connectivity index (χ0v) is 12.5. The molecule has 1 aromatic heterocycles. The maximum absolute atomic E-state index is 13.7. The van der Waals surface area contributed by atoms with Gasteiger partial charge in [-0.05, 0) is 18.1 Å². The van der Waals surface area contributed by atoms with E-state index >= 15 is 0 Å². The van der Waals surface area contributed by atoms with Crippen LogP contribution in [0.2, 0.25) is 0 Å². The maximum atomic E-state index is 13.7. The van der Waals surface area contributed by atoms with Gasteiger partial charge in [0.2, 0.25) is 0 Å². The second-order valence-corrected chi connectivity index (χ2v) is 5.90. The molecule has 0 aliphatic carbocycles. The molecular weight excluding hydrogens is 275 g/mol. The molecule has 0 spiro atoms. The molecule has 0 atom stereocenters. The van der Waals surface area contributed by atoms with Crippen molar-refractivity contribution in [3.63, 3.8) is 0 Å². The number of nitrogens with two attached hydrogens (primary N) is 1. The second-order valence-electron chi connectivity index (χ2n) is 4.85. The molecule has 1 aromatic carbocycles. The molecule has 3 nitrogen and oxygen atoms in total. The molecule has 3 N–H and O–H groups in total. The van der Waals surface area contributed by atoms with Gasteiger partial charge in [0.25, 0.3) is 5.91 Å². The maximum Gasteiger partial charge on any atom is 0.263 e. The lowest BCUT2D eigenvalue weighted by Gasteiger charge is -2.12. The summed E-state index contributed by atoms with van der Waals surface area (Å²) in [6.45, 7) is 4.83. The summed E-state index contributed by atoms with van der Waals surface area (Å²) in [5.41, 5.74) is 6.16. The summed E-state index contributed by atoms with van der Waals surface area (Å²) in [4.78, 5) is 12.6. The molecule has 0 saturated heterocycles. The van der Waals surface area contributed by atoms with Crippen LogP contribution in [0.4, 0.5) is 10.1 Å². The van der Waals surface area contributed by atoms with Crippen molar-refractivity contribution < 1.29 is 9.18 Å². The van der Waals surface area contributed by atoms with Crippen molar-refractivity contribution in [2.24, 2.45) is 5.92 Å². The Morgan fingerprint density at radius 2 is 2.10 bits per heavy atom. The number of hydrogen-bond donors (Lipinski definition) is 2. The van der Waals surface area contributed by atoms with E-state index in [9.17, 15) is 9.18 Å². The Morgan fingerprint density at radius 1 is 1.40 bits per heavy atom. The van der Waals surface area contributed by atoms with E-state index in [4.69, 9.17) is 5.73 Å². The molecule has 0 radical (unpaired) electrons. The van der Waals surface area contributed by atoms with E-state index in [-0.39, 0.29) is 17.4 Å². The largest absolute Gasteiger partial charge is 0.397 e. The highest BCUT2D eigenvalue weighted by atomic mass is 32.1. The van der Waals surface area contributed by atoms with Crippen molar-refractivity contribution in [3.8, 4) is 0 Å². The first-order valence-electron chi connectivity index (χ1n) is 6.83. The number of hydrogen-bond acceptors (Lipinski definition) is 3. The van der Waals surface area contributed by atoms with Crippen molar-refractivity contribution in [3.05, 3.63) is 28.9 Å². The average Bonchev–Trinajstić information content (AvgIpc) is 2.78. The van der Waals surface area contributed by atoms with Gasteiger partial charge in [-0.2, -0.15) is 0 Å². The Labute approximate surface area is 122 Å². The fourth-order valence-corrected chi connectivity index (χ4v) is 3.25. The molecular formula is C15H19FN2OS. The van der Waals surface area contributed by atoms with Crippen LogP contribution in [-0.4, -0.2) is 12.5 Å². The van der Waals surface area contributed by atoms with Gasteiger partial charge < -0.3 is 11.1 Å². The number of carbonyl (C=O) groups excluding carboxylic acids is 1. The fraction of sp³-hybridized carbons (Fsp3) is 0.400. The summed E-state index contributed by atoms with van der Waals surface area (Å²) >= 11 is 1.24. The molecule has 0 bridgehead atoms. The minimum absolute atomic E-state index is 0.213. The number of fused-ring (bicyclic) bond motifs is 1. The van der Waals surface area contributed by atoms with Crippen LogP contribution in [0.25, 0.3) is 10.1 Å². The second kappa shape index (κ2) is 6.22. The highest BCUT2D eigenvalue weighted by Gasteiger charge is 2.19. The van der Waals surface area contributed by atoms with Crippen LogP contribution in [0.1, 0.15) is 36.4 Å². The van der Waals surface area contributed by atoms with Gasteiger partial charge in [0.05, 0.1) is 11.1 Å². The van der Waals surface area contributed by atoms with Crippen molar-refractivity contribution in [1.82, 2.24) is 5.32 Å². The number of carbonyl (C=O) groups is 1. The topological polar surface area (TPSA) is 55.1 Å². The van der Waals surface area contributed by atoms with Crippen molar-refractivity contribution in [1.29, 1.82) is 0 Å². The normalized spacial score (nSPS) is 11.2. The van der Waals surface area contributed by atoms with Gasteiger partial charge in [-0.25, -0.2) is 4.39 Å². The minimum atomic E-state index is -0.379. The number of nitrogens with one attached hydrogen (secondary N) is 1. The number of thiophene rings is 1. The molecule has 108 valence electrons. The van der Waals surface area contributed by atoms with Crippen molar-refractivity contribution in [2.45, 2.75) is 26.7 Å². The standard InChI is InChI=1S/C15H19FN2OS/c1-3-9(4-2)8-18-15(19)14-13(17)12-10(16)6-5-7-11(12)20-14/h5-7,9H,3-4,8,17H2,1-2H3,(H,18,19). The number of anilines is 1. The molecule has 5 heteroatoms. The van der Waals surface area contributed by atoms with E-state index in [1.165, 1.54) is 17.4 Å². The number of nitrogen functional groups attached to an aromatic ring is 1. The van der Waals surface area contributed by atoms with Gasteiger partial charge in [-0.1, -0.05) is 32.8 Å². The molecule has 0 fully saturated rings. The molecule has 20 heavy (non-hydrogen) atoms. The van der Waals surface area contributed by atoms with Crippen molar-refractivity contribution >= 4 is 33.0 Å². The van der Waals surface area contributed by atoms with E-state index < -0.39 is 0 Å². The smallest absolute Gasteiger partial charge is 0.263 e. The Hall–Kier alpha value is -1.62. The Balaban J connectivity index is 2.23. The van der Waals surface area contributed by atoms with Crippen LogP contribution >= 0.6 is 11.3 Å². The molecule has 0 aliphatic heterocycles. The number of halogens is 1. The quantitative estimate of drug-likeness (QED) is 0.881. The molecule has 2 aromatic rings. The first kappa shape index (κ1) is 14.8. The lowest BCUT2D eigenvalue weighted by Crippen LogP contribution is -2.28. The van der Waals surface area contributed by atoms with Gasteiger partial charge in [0.1, 0.15) is 10.7 Å². The van der Waals surface area contributed by atoms with E-state index in [1.54, 1.807) is 12.1 Å². The van der Waals surface area contributed by atoms with Crippen LogP contribution in [-0.2, 0) is 0 Å². The third-order valence-electron chi connectivity index (χ3n) is 3.61. The molecule has 1 amide bonds. The van der Waals surface area contributed by atoms with Gasteiger partial charge in [-0.15, -0.1) is 11.3 Å². The molecule has 0 aliphatic rings. The average molecular weight is 294 g/mol. The van der Waals surface area contributed by atoms with E-state index in [2.05, 4.69) is 19.2 Å². The Morgan fingerprint density at radius 3 is 2.70 bits per heavy atom. The summed E-state index contributed by atoms with van der Waals surface area (Å²) in [5.74, 6) is -0.128. The van der Waals surface area contributed by atoms with E-state index in [0.717, 1.165) is 12.8 Å². The summed E-state index contributed by atoms with van der Waals surface area (Å²) in [7, 11) is 0. The number of benzene rings is 1. The molecule has 0 saturated carbocycles. The summed E-state index contributed by atoms with van der Waals surface area (Å²) in [5, 5.41) is 3.24. The van der Waals surface area contributed by atoms with Gasteiger partial charge >= 0.3 is 0 Å². The zero-order chi connectivity index (χ0) is 14.7. The van der Waals surface area contributed by atoms with Crippen LogP contribution in [0.5, 0.6) is 0 Å².